The molecule has 86 valence electrons. The number of hydrogen-bond acceptors (Lipinski definition) is 3. The first kappa shape index (κ1) is 12.2. The Morgan fingerprint density at radius 2 is 2.00 bits per heavy atom. The number of carboxylic acids is 2. The zero-order chi connectivity index (χ0) is 12.0. The van der Waals surface area contributed by atoms with Crippen LogP contribution in [-0.2, 0) is 11.2 Å². The number of aliphatic carboxylic acids is 1. The molecule has 0 aromatic carbocycles. The van der Waals surface area contributed by atoms with E-state index in [1.54, 1.807) is 6.07 Å². The Labute approximate surface area is 92.8 Å². The molecule has 5 heteroatoms. The monoisotopic (exact) mass is 223 g/mol. The number of aromatic nitrogens is 1. The van der Waals surface area contributed by atoms with E-state index in [9.17, 15) is 9.59 Å². The summed E-state index contributed by atoms with van der Waals surface area (Å²) in [5.74, 6) is -1.85. The molecule has 0 saturated carbocycles. The van der Waals surface area contributed by atoms with Gasteiger partial charge in [-0.05, 0) is 37.0 Å². The van der Waals surface area contributed by atoms with E-state index in [0.29, 0.717) is 12.8 Å². The van der Waals surface area contributed by atoms with E-state index in [0.717, 1.165) is 12.0 Å². The number of rotatable bonds is 6. The molecule has 0 spiro atoms. The Hall–Kier alpha value is -1.91. The highest BCUT2D eigenvalue weighted by molar-refractivity contribution is 5.85. The fourth-order valence-electron chi connectivity index (χ4n) is 1.35. The maximum atomic E-state index is 10.6. The van der Waals surface area contributed by atoms with Crippen LogP contribution in [0, 0.1) is 0 Å². The van der Waals surface area contributed by atoms with Crippen LogP contribution in [0.2, 0.25) is 0 Å². The lowest BCUT2D eigenvalue weighted by atomic mass is 10.1. The fourth-order valence-corrected chi connectivity index (χ4v) is 1.35. The number of carbonyl (C=O) groups is 2. The van der Waals surface area contributed by atoms with Crippen molar-refractivity contribution in [1.29, 1.82) is 0 Å². The number of pyridine rings is 1. The molecule has 0 unspecified atom stereocenters. The summed E-state index contributed by atoms with van der Waals surface area (Å²) in [6.07, 6.45) is 3.61. The Morgan fingerprint density at radius 3 is 2.62 bits per heavy atom. The topological polar surface area (TPSA) is 87.5 Å². The van der Waals surface area contributed by atoms with Crippen molar-refractivity contribution >= 4 is 11.9 Å². The Balaban J connectivity index is 2.45. The van der Waals surface area contributed by atoms with Crippen LogP contribution in [-0.4, -0.2) is 27.1 Å². The van der Waals surface area contributed by atoms with Gasteiger partial charge in [0, 0.05) is 12.6 Å². The Kier molecular flexibility index (Phi) is 4.44. The predicted octanol–water partition coefficient (Wildman–Crippen LogP) is 1.58. The summed E-state index contributed by atoms with van der Waals surface area (Å²) in [6, 6.07) is 3.26. The Bertz CT molecular complexity index is 389. The number of hydrogen-bond donors (Lipinski definition) is 2. The van der Waals surface area contributed by atoms with Gasteiger partial charge in [-0.3, -0.25) is 4.79 Å². The highest BCUT2D eigenvalue weighted by Crippen LogP contribution is 2.07. The van der Waals surface area contributed by atoms with Gasteiger partial charge in [-0.2, -0.15) is 0 Å². The summed E-state index contributed by atoms with van der Waals surface area (Å²) in [4.78, 5) is 24.6. The molecule has 1 heterocycles. The van der Waals surface area contributed by atoms with Crippen LogP contribution in [0.1, 0.15) is 35.3 Å². The molecule has 0 aliphatic rings. The van der Waals surface area contributed by atoms with Crippen LogP contribution in [0.3, 0.4) is 0 Å². The molecule has 1 rings (SSSR count). The summed E-state index contributed by atoms with van der Waals surface area (Å²) in [7, 11) is 0. The summed E-state index contributed by atoms with van der Waals surface area (Å²) < 4.78 is 0. The summed E-state index contributed by atoms with van der Waals surface area (Å²) in [6.45, 7) is 0. The van der Waals surface area contributed by atoms with Gasteiger partial charge in [0.05, 0.1) is 0 Å². The summed E-state index contributed by atoms with van der Waals surface area (Å²) in [5.41, 5.74) is 0.897. The van der Waals surface area contributed by atoms with Crippen LogP contribution in [0.5, 0.6) is 0 Å². The van der Waals surface area contributed by atoms with Gasteiger partial charge in [0.25, 0.3) is 0 Å². The molecule has 0 saturated heterocycles. The second-order valence-electron chi connectivity index (χ2n) is 3.46. The van der Waals surface area contributed by atoms with Gasteiger partial charge < -0.3 is 10.2 Å². The minimum absolute atomic E-state index is 0.0238. The lowest BCUT2D eigenvalue weighted by Gasteiger charge is -2.01. The first-order valence-electron chi connectivity index (χ1n) is 4.99. The third kappa shape index (κ3) is 4.08. The quantitative estimate of drug-likeness (QED) is 0.715. The van der Waals surface area contributed by atoms with Crippen molar-refractivity contribution < 1.29 is 19.8 Å². The van der Waals surface area contributed by atoms with E-state index in [-0.39, 0.29) is 12.1 Å². The molecule has 0 fully saturated rings. The predicted molar refractivity (Wildman–Crippen MR) is 56.4 cm³/mol. The van der Waals surface area contributed by atoms with E-state index in [2.05, 4.69) is 4.98 Å². The Morgan fingerprint density at radius 1 is 1.25 bits per heavy atom. The van der Waals surface area contributed by atoms with Gasteiger partial charge in [0.2, 0.25) is 0 Å². The van der Waals surface area contributed by atoms with Gasteiger partial charge in [0.15, 0.2) is 0 Å². The zero-order valence-corrected chi connectivity index (χ0v) is 8.72. The third-order valence-corrected chi connectivity index (χ3v) is 2.15. The maximum Gasteiger partial charge on any atom is 0.354 e. The number of unbranched alkanes of at least 4 members (excludes halogenated alkanes) is 1. The SMILES string of the molecule is O=C(O)CCCCc1ccnc(C(=O)O)c1. The highest BCUT2D eigenvalue weighted by atomic mass is 16.4. The van der Waals surface area contributed by atoms with Gasteiger partial charge in [-0.15, -0.1) is 0 Å². The van der Waals surface area contributed by atoms with Gasteiger partial charge in [0.1, 0.15) is 5.69 Å². The second-order valence-corrected chi connectivity index (χ2v) is 3.46. The fraction of sp³-hybridized carbons (Fsp3) is 0.364. The average Bonchev–Trinajstić information content (AvgIpc) is 2.24. The molecule has 0 aliphatic carbocycles. The van der Waals surface area contributed by atoms with Crippen LogP contribution in [0.4, 0.5) is 0 Å². The maximum absolute atomic E-state index is 10.6. The zero-order valence-electron chi connectivity index (χ0n) is 8.72. The lowest BCUT2D eigenvalue weighted by Crippen LogP contribution is -2.01. The number of nitrogens with zero attached hydrogens (tertiary/aromatic N) is 1. The average molecular weight is 223 g/mol. The smallest absolute Gasteiger partial charge is 0.354 e. The standard InChI is InChI=1S/C11H13NO4/c13-10(14)4-2-1-3-8-5-6-12-9(7-8)11(15)16/h5-7H,1-4H2,(H,13,14)(H,15,16). The molecule has 0 bridgehead atoms. The van der Waals surface area contributed by atoms with Crippen molar-refractivity contribution in [3.05, 3.63) is 29.6 Å². The van der Waals surface area contributed by atoms with Crippen molar-refractivity contribution in [1.82, 2.24) is 4.98 Å². The summed E-state index contributed by atoms with van der Waals surface area (Å²) >= 11 is 0. The normalized spacial score (nSPS) is 10.0. The van der Waals surface area contributed by atoms with Crippen molar-refractivity contribution in [3.8, 4) is 0 Å². The molecule has 2 N–H and O–H groups in total. The van der Waals surface area contributed by atoms with Crippen molar-refractivity contribution in [2.24, 2.45) is 0 Å². The minimum Gasteiger partial charge on any atom is -0.481 e. The van der Waals surface area contributed by atoms with Crippen LogP contribution < -0.4 is 0 Å². The molecule has 0 radical (unpaired) electrons. The molecular formula is C11H13NO4. The van der Waals surface area contributed by atoms with Gasteiger partial charge in [-0.1, -0.05) is 0 Å². The van der Waals surface area contributed by atoms with Crippen molar-refractivity contribution in [2.45, 2.75) is 25.7 Å². The molecule has 0 amide bonds. The van der Waals surface area contributed by atoms with E-state index >= 15 is 0 Å². The van der Waals surface area contributed by atoms with Crippen molar-refractivity contribution in [3.63, 3.8) is 0 Å². The van der Waals surface area contributed by atoms with E-state index in [4.69, 9.17) is 10.2 Å². The first-order valence-corrected chi connectivity index (χ1v) is 4.99. The largest absolute Gasteiger partial charge is 0.481 e. The third-order valence-electron chi connectivity index (χ3n) is 2.15. The highest BCUT2D eigenvalue weighted by Gasteiger charge is 2.05. The number of aryl methyl sites for hydroxylation is 1. The van der Waals surface area contributed by atoms with E-state index in [1.807, 2.05) is 0 Å². The molecule has 1 aromatic heterocycles. The van der Waals surface area contributed by atoms with Gasteiger partial charge in [-0.25, -0.2) is 9.78 Å². The molecule has 5 nitrogen and oxygen atoms in total. The molecule has 16 heavy (non-hydrogen) atoms. The van der Waals surface area contributed by atoms with Gasteiger partial charge >= 0.3 is 11.9 Å². The first-order chi connectivity index (χ1) is 7.59. The number of carboxylic acid groups (broad SMARTS) is 2. The molecule has 0 atom stereocenters. The summed E-state index contributed by atoms with van der Waals surface area (Å²) in [5, 5.41) is 17.2. The minimum atomic E-state index is -1.05. The lowest BCUT2D eigenvalue weighted by molar-refractivity contribution is -0.137. The van der Waals surface area contributed by atoms with Crippen LogP contribution in [0.25, 0.3) is 0 Å². The van der Waals surface area contributed by atoms with Crippen molar-refractivity contribution in [2.75, 3.05) is 0 Å². The molecule has 1 aromatic rings. The van der Waals surface area contributed by atoms with E-state index < -0.39 is 11.9 Å². The van der Waals surface area contributed by atoms with E-state index in [1.165, 1.54) is 12.3 Å². The van der Waals surface area contributed by atoms with Crippen LogP contribution >= 0.6 is 0 Å². The molecule has 0 aliphatic heterocycles. The number of aromatic carboxylic acids is 1. The van der Waals surface area contributed by atoms with Crippen LogP contribution in [0.15, 0.2) is 18.3 Å². The molecular weight excluding hydrogens is 210 g/mol. The second kappa shape index (κ2) is 5.85.